The molecule has 1 N–H and O–H groups in total. The van der Waals surface area contributed by atoms with Crippen LogP contribution in [0.4, 0.5) is 0 Å². The van der Waals surface area contributed by atoms with E-state index in [-0.39, 0.29) is 6.54 Å². The minimum absolute atomic E-state index is 0.101. The molecule has 0 aromatic carbocycles. The van der Waals surface area contributed by atoms with E-state index in [2.05, 4.69) is 0 Å². The third kappa shape index (κ3) is 7.06. The van der Waals surface area contributed by atoms with Crippen LogP contribution in [0.25, 0.3) is 0 Å². The number of rotatable bonds is 4. The van der Waals surface area contributed by atoms with Gasteiger partial charge in [-0.15, -0.1) is 0 Å². The first-order valence-electron chi connectivity index (χ1n) is 3.56. The monoisotopic (exact) mass is 157 g/mol. The van der Waals surface area contributed by atoms with Crippen LogP contribution >= 0.6 is 0 Å². The average Bonchev–Trinajstić information content (AvgIpc) is 1.82. The van der Waals surface area contributed by atoms with Crippen LogP contribution in [-0.2, 0) is 4.79 Å². The third-order valence-electron chi connectivity index (χ3n) is 1.22. The predicted molar refractivity (Wildman–Crippen MR) is 44.6 cm³/mol. The van der Waals surface area contributed by atoms with Crippen LogP contribution in [0.15, 0.2) is 11.6 Å². The smallest absolute Gasteiger partial charge is 0.317 e. The number of hydrogen-bond acceptors (Lipinski definition) is 2. The molecule has 0 rings (SSSR count). The van der Waals surface area contributed by atoms with Crippen LogP contribution < -0.4 is 0 Å². The quantitative estimate of drug-likeness (QED) is 0.618. The topological polar surface area (TPSA) is 40.5 Å². The van der Waals surface area contributed by atoms with Crippen molar-refractivity contribution >= 4 is 5.97 Å². The fraction of sp³-hybridized carbons (Fsp3) is 0.625. The lowest BCUT2D eigenvalue weighted by molar-refractivity contribution is -0.137. The van der Waals surface area contributed by atoms with Crippen molar-refractivity contribution in [2.75, 3.05) is 20.1 Å². The summed E-state index contributed by atoms with van der Waals surface area (Å²) in [5.74, 6) is -0.783. The minimum atomic E-state index is -0.783. The van der Waals surface area contributed by atoms with Crippen molar-refractivity contribution in [1.29, 1.82) is 0 Å². The molecule has 0 fully saturated rings. The van der Waals surface area contributed by atoms with E-state index in [1.54, 1.807) is 11.9 Å². The highest BCUT2D eigenvalue weighted by Gasteiger charge is 2.00. The average molecular weight is 157 g/mol. The van der Waals surface area contributed by atoms with Crippen molar-refractivity contribution in [3.05, 3.63) is 11.6 Å². The van der Waals surface area contributed by atoms with Gasteiger partial charge < -0.3 is 5.11 Å². The number of allylic oxidation sites excluding steroid dienone is 1. The fourth-order valence-electron chi connectivity index (χ4n) is 0.634. The highest BCUT2D eigenvalue weighted by Crippen LogP contribution is 1.90. The second kappa shape index (κ2) is 4.91. The second-order valence-corrected chi connectivity index (χ2v) is 2.87. The van der Waals surface area contributed by atoms with Crippen molar-refractivity contribution < 1.29 is 9.90 Å². The molecule has 0 bridgehead atoms. The number of hydrogen-bond donors (Lipinski definition) is 1. The number of likely N-dealkylation sites (N-methyl/N-ethyl adjacent to an activating group) is 1. The van der Waals surface area contributed by atoms with Crippen molar-refractivity contribution in [2.24, 2.45) is 0 Å². The molecule has 0 spiro atoms. The third-order valence-corrected chi connectivity index (χ3v) is 1.22. The van der Waals surface area contributed by atoms with Gasteiger partial charge in [0.25, 0.3) is 0 Å². The Labute approximate surface area is 67.3 Å². The van der Waals surface area contributed by atoms with Crippen molar-refractivity contribution in [1.82, 2.24) is 4.90 Å². The Hall–Kier alpha value is -0.830. The molecule has 3 nitrogen and oxygen atoms in total. The van der Waals surface area contributed by atoms with E-state index in [4.69, 9.17) is 5.11 Å². The molecule has 0 heterocycles. The Bertz CT molecular complexity index is 159. The molecule has 0 radical (unpaired) electrons. The zero-order valence-electron chi connectivity index (χ0n) is 7.29. The highest BCUT2D eigenvalue weighted by atomic mass is 16.4. The van der Waals surface area contributed by atoms with Crippen molar-refractivity contribution in [3.8, 4) is 0 Å². The van der Waals surface area contributed by atoms with Gasteiger partial charge in [-0.05, 0) is 20.9 Å². The maximum absolute atomic E-state index is 10.2. The molecular weight excluding hydrogens is 142 g/mol. The van der Waals surface area contributed by atoms with Gasteiger partial charge in [0.15, 0.2) is 0 Å². The summed E-state index contributed by atoms with van der Waals surface area (Å²) in [4.78, 5) is 11.9. The Balaban J connectivity index is 3.61. The molecule has 0 atom stereocenters. The van der Waals surface area contributed by atoms with E-state index < -0.39 is 5.97 Å². The van der Waals surface area contributed by atoms with Gasteiger partial charge in [0.1, 0.15) is 0 Å². The minimum Gasteiger partial charge on any atom is -0.480 e. The first-order chi connectivity index (χ1) is 5.02. The lowest BCUT2D eigenvalue weighted by Crippen LogP contribution is -2.25. The van der Waals surface area contributed by atoms with Crippen LogP contribution in [-0.4, -0.2) is 36.1 Å². The molecule has 0 aliphatic carbocycles. The Kier molecular flexibility index (Phi) is 4.54. The summed E-state index contributed by atoms with van der Waals surface area (Å²) in [6.45, 7) is 4.79. The summed E-state index contributed by atoms with van der Waals surface area (Å²) >= 11 is 0. The molecular formula is C8H15NO2. The zero-order chi connectivity index (χ0) is 8.85. The largest absolute Gasteiger partial charge is 0.480 e. The van der Waals surface area contributed by atoms with Gasteiger partial charge in [0.05, 0.1) is 6.54 Å². The number of carboxylic acid groups (broad SMARTS) is 1. The standard InChI is InChI=1S/C8H15NO2/c1-7(2)4-5-9(3)6-8(10)11/h4H,5-6H2,1-3H3,(H,10,11). The van der Waals surface area contributed by atoms with Gasteiger partial charge in [-0.25, -0.2) is 0 Å². The van der Waals surface area contributed by atoms with Gasteiger partial charge in [0.2, 0.25) is 0 Å². The maximum atomic E-state index is 10.2. The van der Waals surface area contributed by atoms with E-state index in [9.17, 15) is 4.79 Å². The van der Waals surface area contributed by atoms with Gasteiger partial charge in [-0.1, -0.05) is 11.6 Å². The van der Waals surface area contributed by atoms with Gasteiger partial charge >= 0.3 is 5.97 Å². The van der Waals surface area contributed by atoms with Crippen LogP contribution in [0.1, 0.15) is 13.8 Å². The SMILES string of the molecule is CC(C)=CCN(C)CC(=O)O. The summed E-state index contributed by atoms with van der Waals surface area (Å²) in [6.07, 6.45) is 2.00. The van der Waals surface area contributed by atoms with Crippen molar-refractivity contribution in [3.63, 3.8) is 0 Å². The second-order valence-electron chi connectivity index (χ2n) is 2.87. The molecule has 3 heteroatoms. The predicted octanol–water partition coefficient (Wildman–Crippen LogP) is 0.969. The molecule has 0 aromatic rings. The van der Waals surface area contributed by atoms with Gasteiger partial charge in [-0.2, -0.15) is 0 Å². The van der Waals surface area contributed by atoms with E-state index >= 15 is 0 Å². The molecule has 0 aromatic heterocycles. The molecule has 0 saturated heterocycles. The molecule has 0 unspecified atom stereocenters. The maximum Gasteiger partial charge on any atom is 0.317 e. The van der Waals surface area contributed by atoms with E-state index in [1.165, 1.54) is 5.57 Å². The summed E-state index contributed by atoms with van der Waals surface area (Å²) in [6, 6.07) is 0. The van der Waals surface area contributed by atoms with Crippen LogP contribution in [0.3, 0.4) is 0 Å². The van der Waals surface area contributed by atoms with E-state index in [1.807, 2.05) is 19.9 Å². The Morgan fingerprint density at radius 3 is 2.45 bits per heavy atom. The van der Waals surface area contributed by atoms with Crippen LogP contribution in [0, 0.1) is 0 Å². The van der Waals surface area contributed by atoms with Crippen LogP contribution in [0.5, 0.6) is 0 Å². The van der Waals surface area contributed by atoms with Gasteiger partial charge in [-0.3, -0.25) is 9.69 Å². The summed E-state index contributed by atoms with van der Waals surface area (Å²) < 4.78 is 0. The molecule has 0 saturated carbocycles. The fourth-order valence-corrected chi connectivity index (χ4v) is 0.634. The number of nitrogens with zero attached hydrogens (tertiary/aromatic N) is 1. The lowest BCUT2D eigenvalue weighted by atomic mass is 10.3. The zero-order valence-corrected chi connectivity index (χ0v) is 7.29. The summed E-state index contributed by atoms with van der Waals surface area (Å²) in [7, 11) is 1.79. The molecule has 64 valence electrons. The molecule has 0 amide bonds. The first kappa shape index (κ1) is 10.2. The van der Waals surface area contributed by atoms with Crippen molar-refractivity contribution in [2.45, 2.75) is 13.8 Å². The number of aliphatic carboxylic acids is 1. The summed E-state index contributed by atoms with van der Waals surface area (Å²) in [5, 5.41) is 8.39. The number of carbonyl (C=O) groups is 1. The number of carboxylic acids is 1. The molecule has 0 aliphatic heterocycles. The highest BCUT2D eigenvalue weighted by molar-refractivity contribution is 5.69. The Morgan fingerprint density at radius 1 is 1.55 bits per heavy atom. The lowest BCUT2D eigenvalue weighted by Gasteiger charge is -2.10. The van der Waals surface area contributed by atoms with E-state index in [0.29, 0.717) is 6.54 Å². The molecule has 11 heavy (non-hydrogen) atoms. The first-order valence-corrected chi connectivity index (χ1v) is 3.56. The summed E-state index contributed by atoms with van der Waals surface area (Å²) in [5.41, 5.74) is 1.21. The van der Waals surface area contributed by atoms with Gasteiger partial charge in [0, 0.05) is 6.54 Å². The normalized spacial score (nSPS) is 9.82. The molecule has 0 aliphatic rings. The van der Waals surface area contributed by atoms with Crippen LogP contribution in [0.2, 0.25) is 0 Å². The van der Waals surface area contributed by atoms with E-state index in [0.717, 1.165) is 0 Å². The Morgan fingerprint density at radius 2 is 2.09 bits per heavy atom.